The van der Waals surface area contributed by atoms with Crippen LogP contribution in [0.15, 0.2) is 20.1 Å². The molecule has 0 saturated carbocycles. The van der Waals surface area contributed by atoms with Crippen LogP contribution in [0.25, 0.3) is 0 Å². The van der Waals surface area contributed by atoms with Gasteiger partial charge < -0.3 is 0 Å². The summed E-state index contributed by atoms with van der Waals surface area (Å²) < 4.78 is 22.0. The van der Waals surface area contributed by atoms with Gasteiger partial charge in [0.25, 0.3) is 0 Å². The number of rotatable bonds is 1. The molecule has 0 aliphatic carbocycles. The van der Waals surface area contributed by atoms with E-state index in [1.807, 2.05) is 0 Å². The van der Waals surface area contributed by atoms with E-state index in [-0.39, 0.29) is 4.21 Å². The highest BCUT2D eigenvalue weighted by Crippen LogP contribution is 2.25. The van der Waals surface area contributed by atoms with E-state index in [0.717, 1.165) is 11.3 Å². The molecule has 1 aromatic heterocycles. The molecule has 0 atom stereocenters. The molecular formula is C4H4BrNO2S2. The van der Waals surface area contributed by atoms with Crippen LogP contribution in [0, 0.1) is 0 Å². The Bertz CT molecular complexity index is 329. The van der Waals surface area contributed by atoms with Gasteiger partial charge in [-0.05, 0) is 27.4 Å². The Morgan fingerprint density at radius 2 is 2.20 bits per heavy atom. The second-order valence-electron chi connectivity index (χ2n) is 1.60. The molecule has 3 nitrogen and oxygen atoms in total. The molecule has 0 saturated heterocycles. The molecular weight excluding hydrogens is 238 g/mol. The fourth-order valence-corrected chi connectivity index (χ4v) is 3.30. The van der Waals surface area contributed by atoms with Gasteiger partial charge in [-0.15, -0.1) is 11.3 Å². The molecule has 0 radical (unpaired) electrons. The molecule has 2 N–H and O–H groups in total. The number of nitrogens with two attached hydrogens (primary N) is 1. The minimum Gasteiger partial charge on any atom is -0.224 e. The fraction of sp³-hybridized carbons (Fsp3) is 0. The molecule has 1 rings (SSSR count). The summed E-state index contributed by atoms with van der Waals surface area (Å²) in [6.07, 6.45) is 0. The van der Waals surface area contributed by atoms with Crippen molar-refractivity contribution >= 4 is 37.3 Å². The van der Waals surface area contributed by atoms with Crippen molar-refractivity contribution < 1.29 is 8.42 Å². The first-order valence-corrected chi connectivity index (χ1v) is 5.49. The number of primary sulfonamides is 1. The number of sulfonamides is 1. The molecule has 0 bridgehead atoms. The number of halogens is 1. The van der Waals surface area contributed by atoms with Gasteiger partial charge in [-0.3, -0.25) is 0 Å². The highest BCUT2D eigenvalue weighted by atomic mass is 79.9. The summed E-state index contributed by atoms with van der Waals surface area (Å²) in [5, 5.41) is 6.51. The van der Waals surface area contributed by atoms with Crippen LogP contribution in [0.1, 0.15) is 0 Å². The lowest BCUT2D eigenvalue weighted by atomic mass is 10.7. The number of thiophene rings is 1. The third-order valence-electron chi connectivity index (χ3n) is 0.843. The molecule has 56 valence electrons. The van der Waals surface area contributed by atoms with Crippen LogP contribution in [-0.4, -0.2) is 8.42 Å². The van der Waals surface area contributed by atoms with E-state index in [1.165, 1.54) is 0 Å². The lowest BCUT2D eigenvalue weighted by Crippen LogP contribution is -2.10. The molecule has 0 aliphatic rings. The van der Waals surface area contributed by atoms with Gasteiger partial charge in [-0.2, -0.15) is 0 Å². The molecule has 6 heteroatoms. The molecule has 0 aromatic carbocycles. The van der Waals surface area contributed by atoms with Crippen molar-refractivity contribution in [2.45, 2.75) is 4.21 Å². The van der Waals surface area contributed by atoms with Crippen molar-refractivity contribution in [1.82, 2.24) is 0 Å². The van der Waals surface area contributed by atoms with Gasteiger partial charge in [-0.1, -0.05) is 0 Å². The predicted octanol–water partition coefficient (Wildman–Crippen LogP) is 1.16. The van der Waals surface area contributed by atoms with Gasteiger partial charge in [0.05, 0.1) is 0 Å². The van der Waals surface area contributed by atoms with Crippen molar-refractivity contribution in [3.63, 3.8) is 0 Å². The molecule has 0 fully saturated rings. The topological polar surface area (TPSA) is 60.2 Å². The van der Waals surface area contributed by atoms with Crippen molar-refractivity contribution in [2.24, 2.45) is 5.14 Å². The van der Waals surface area contributed by atoms with Crippen LogP contribution in [0.5, 0.6) is 0 Å². The highest BCUT2D eigenvalue weighted by molar-refractivity contribution is 9.10. The summed E-state index contributed by atoms with van der Waals surface area (Å²) >= 11 is 4.15. The largest absolute Gasteiger partial charge is 0.248 e. The van der Waals surface area contributed by atoms with E-state index in [2.05, 4.69) is 15.9 Å². The van der Waals surface area contributed by atoms with E-state index in [0.29, 0.717) is 4.47 Å². The van der Waals surface area contributed by atoms with Crippen LogP contribution < -0.4 is 5.14 Å². The lowest BCUT2D eigenvalue weighted by molar-refractivity contribution is 0.599. The Kier molecular flexibility index (Phi) is 2.14. The van der Waals surface area contributed by atoms with Crippen LogP contribution in [0.3, 0.4) is 0 Å². The van der Waals surface area contributed by atoms with E-state index in [1.54, 1.807) is 11.4 Å². The summed E-state index contributed by atoms with van der Waals surface area (Å²) in [6, 6.07) is 1.64. The second-order valence-corrected chi connectivity index (χ2v) is 5.13. The van der Waals surface area contributed by atoms with E-state index < -0.39 is 10.0 Å². The maximum absolute atomic E-state index is 10.7. The van der Waals surface area contributed by atoms with Crippen molar-refractivity contribution in [1.29, 1.82) is 0 Å². The normalized spacial score (nSPS) is 11.8. The fourth-order valence-electron chi connectivity index (χ4n) is 0.483. The van der Waals surface area contributed by atoms with Gasteiger partial charge in [0, 0.05) is 4.47 Å². The Hall–Kier alpha value is 0.0900. The average molecular weight is 242 g/mol. The third-order valence-corrected chi connectivity index (χ3v) is 4.46. The lowest BCUT2D eigenvalue weighted by Gasteiger charge is -1.90. The quantitative estimate of drug-likeness (QED) is 0.803. The van der Waals surface area contributed by atoms with E-state index in [4.69, 9.17) is 5.14 Å². The van der Waals surface area contributed by atoms with Crippen LogP contribution in [-0.2, 0) is 10.0 Å². The monoisotopic (exact) mass is 241 g/mol. The summed E-state index contributed by atoms with van der Waals surface area (Å²) in [4.78, 5) is 0. The first-order chi connectivity index (χ1) is 4.52. The highest BCUT2D eigenvalue weighted by Gasteiger charge is 2.12. The summed E-state index contributed by atoms with van der Waals surface area (Å²) in [5.41, 5.74) is 0. The third kappa shape index (κ3) is 1.57. The maximum atomic E-state index is 10.7. The standard InChI is InChI=1S/C4H4BrNO2S2/c5-3-1-2-9-4(3)10(6,7)8/h1-2H,(H2,6,7,8). The zero-order valence-corrected chi connectivity index (χ0v) is 7.96. The average Bonchev–Trinajstić information content (AvgIpc) is 2.11. The van der Waals surface area contributed by atoms with Gasteiger partial charge >= 0.3 is 0 Å². The van der Waals surface area contributed by atoms with Crippen molar-refractivity contribution in [3.05, 3.63) is 15.9 Å². The molecule has 0 amide bonds. The van der Waals surface area contributed by atoms with Crippen molar-refractivity contribution in [3.8, 4) is 0 Å². The molecule has 0 unspecified atom stereocenters. The Labute approximate surface area is 71.0 Å². The van der Waals surface area contributed by atoms with Gasteiger partial charge in [0.1, 0.15) is 4.21 Å². The smallest absolute Gasteiger partial charge is 0.224 e. The minimum absolute atomic E-state index is 0.174. The molecule has 10 heavy (non-hydrogen) atoms. The summed E-state index contributed by atoms with van der Waals surface area (Å²) in [5.74, 6) is 0. The zero-order valence-electron chi connectivity index (χ0n) is 4.74. The molecule has 0 spiro atoms. The molecule has 1 aromatic rings. The Morgan fingerprint density at radius 3 is 2.40 bits per heavy atom. The Morgan fingerprint density at radius 1 is 1.60 bits per heavy atom. The molecule has 1 heterocycles. The second kappa shape index (κ2) is 2.61. The zero-order chi connectivity index (χ0) is 7.78. The van der Waals surface area contributed by atoms with Crippen LogP contribution in [0.2, 0.25) is 0 Å². The van der Waals surface area contributed by atoms with E-state index >= 15 is 0 Å². The van der Waals surface area contributed by atoms with Gasteiger partial charge in [-0.25, -0.2) is 13.6 Å². The summed E-state index contributed by atoms with van der Waals surface area (Å²) in [6.45, 7) is 0. The van der Waals surface area contributed by atoms with E-state index in [9.17, 15) is 8.42 Å². The van der Waals surface area contributed by atoms with Crippen LogP contribution >= 0.6 is 27.3 Å². The first kappa shape index (κ1) is 8.19. The number of hydrogen-bond donors (Lipinski definition) is 1. The van der Waals surface area contributed by atoms with Crippen LogP contribution in [0.4, 0.5) is 0 Å². The predicted molar refractivity (Wildman–Crippen MR) is 43.4 cm³/mol. The van der Waals surface area contributed by atoms with Gasteiger partial charge in [0.15, 0.2) is 0 Å². The SMILES string of the molecule is NS(=O)(=O)c1sccc1Br. The Balaban J connectivity index is 3.32. The summed E-state index contributed by atoms with van der Waals surface area (Å²) in [7, 11) is -3.52. The van der Waals surface area contributed by atoms with Gasteiger partial charge in [0.2, 0.25) is 10.0 Å². The molecule has 0 aliphatic heterocycles. The minimum atomic E-state index is -3.52. The maximum Gasteiger partial charge on any atom is 0.248 e. The van der Waals surface area contributed by atoms with Crippen molar-refractivity contribution in [2.75, 3.05) is 0 Å². The number of hydrogen-bond acceptors (Lipinski definition) is 3. The first-order valence-electron chi connectivity index (χ1n) is 2.27.